The van der Waals surface area contributed by atoms with Crippen molar-refractivity contribution in [2.24, 2.45) is 5.73 Å². The van der Waals surface area contributed by atoms with E-state index in [4.69, 9.17) is 5.73 Å². The minimum absolute atomic E-state index is 0.0214. The van der Waals surface area contributed by atoms with Crippen LogP contribution in [0.4, 0.5) is 10.5 Å². The van der Waals surface area contributed by atoms with E-state index in [1.54, 1.807) is 38.1 Å². The first-order chi connectivity index (χ1) is 13.8. The molecule has 0 fully saturated rings. The van der Waals surface area contributed by atoms with Crippen LogP contribution in [-0.2, 0) is 14.8 Å². The highest BCUT2D eigenvalue weighted by Crippen LogP contribution is 2.20. The van der Waals surface area contributed by atoms with Gasteiger partial charge in [-0.25, -0.2) is 13.2 Å². The summed E-state index contributed by atoms with van der Waals surface area (Å²) in [6.07, 6.45) is -0.0214. The Labute approximate surface area is 171 Å². The molecule has 0 heterocycles. The molecule has 156 valence electrons. The minimum atomic E-state index is -3.56. The Morgan fingerprint density at radius 1 is 1.00 bits per heavy atom. The molecular formula is C20H26N4O4S. The second kappa shape index (κ2) is 10.0. The van der Waals surface area contributed by atoms with Gasteiger partial charge in [0.05, 0.1) is 17.4 Å². The van der Waals surface area contributed by atoms with E-state index in [0.717, 1.165) is 5.56 Å². The second-order valence-corrected chi connectivity index (χ2v) is 8.28. The molecule has 0 bridgehead atoms. The molecule has 0 saturated heterocycles. The van der Waals surface area contributed by atoms with Gasteiger partial charge < -0.3 is 16.4 Å². The predicted octanol–water partition coefficient (Wildman–Crippen LogP) is 2.46. The van der Waals surface area contributed by atoms with Crippen LogP contribution in [0.2, 0.25) is 0 Å². The first kappa shape index (κ1) is 22.4. The van der Waals surface area contributed by atoms with Gasteiger partial charge in [0.2, 0.25) is 15.9 Å². The molecule has 0 radical (unpaired) electrons. The Kier molecular flexibility index (Phi) is 7.74. The number of hydrogen-bond donors (Lipinski definition) is 3. The van der Waals surface area contributed by atoms with Crippen LogP contribution in [0, 0.1) is 0 Å². The molecule has 1 atom stereocenters. The summed E-state index contributed by atoms with van der Waals surface area (Å²) >= 11 is 0. The van der Waals surface area contributed by atoms with E-state index in [2.05, 4.69) is 10.6 Å². The molecule has 0 aliphatic rings. The number of urea groups is 1. The number of benzene rings is 2. The quantitative estimate of drug-likeness (QED) is 0.579. The van der Waals surface area contributed by atoms with Gasteiger partial charge in [-0.1, -0.05) is 44.2 Å². The number of primary amides is 1. The zero-order valence-electron chi connectivity index (χ0n) is 16.5. The maximum Gasteiger partial charge on any atom is 0.312 e. The van der Waals surface area contributed by atoms with Crippen molar-refractivity contribution in [1.82, 2.24) is 9.62 Å². The average molecular weight is 419 g/mol. The number of carbonyl (C=O) groups excluding carboxylic acids is 2. The van der Waals surface area contributed by atoms with Crippen LogP contribution in [-0.4, -0.2) is 37.8 Å². The van der Waals surface area contributed by atoms with Gasteiger partial charge in [0.25, 0.3) is 0 Å². The fourth-order valence-corrected chi connectivity index (χ4v) is 4.39. The number of nitrogens with zero attached hydrogens (tertiary/aromatic N) is 1. The van der Waals surface area contributed by atoms with Crippen molar-refractivity contribution in [2.45, 2.75) is 31.2 Å². The van der Waals surface area contributed by atoms with Gasteiger partial charge in [0.15, 0.2) is 0 Å². The van der Waals surface area contributed by atoms with Crippen molar-refractivity contribution < 1.29 is 18.0 Å². The molecule has 0 saturated carbocycles. The summed E-state index contributed by atoms with van der Waals surface area (Å²) in [6, 6.07) is 13.7. The van der Waals surface area contributed by atoms with Crippen molar-refractivity contribution in [1.29, 1.82) is 0 Å². The van der Waals surface area contributed by atoms with Crippen LogP contribution in [0.3, 0.4) is 0 Å². The summed E-state index contributed by atoms with van der Waals surface area (Å²) in [5.74, 6) is -0.341. The normalized spacial score (nSPS) is 12.4. The lowest BCUT2D eigenvalue weighted by atomic mass is 10.0. The lowest BCUT2D eigenvalue weighted by Crippen LogP contribution is -2.35. The number of nitrogens with two attached hydrogens (primary N) is 1. The van der Waals surface area contributed by atoms with Gasteiger partial charge in [-0.05, 0) is 29.8 Å². The van der Waals surface area contributed by atoms with Crippen LogP contribution in [0.5, 0.6) is 0 Å². The molecule has 2 aromatic rings. The number of amides is 3. The van der Waals surface area contributed by atoms with E-state index in [-0.39, 0.29) is 17.2 Å². The Hall–Kier alpha value is -2.91. The highest BCUT2D eigenvalue weighted by Gasteiger charge is 2.22. The topological polar surface area (TPSA) is 122 Å². The number of nitrogens with one attached hydrogen (secondary N) is 2. The van der Waals surface area contributed by atoms with E-state index in [0.29, 0.717) is 18.8 Å². The Morgan fingerprint density at radius 3 is 2.10 bits per heavy atom. The second-order valence-electron chi connectivity index (χ2n) is 6.34. The highest BCUT2D eigenvalue weighted by atomic mass is 32.2. The largest absolute Gasteiger partial charge is 0.352 e. The van der Waals surface area contributed by atoms with E-state index in [9.17, 15) is 18.0 Å². The molecule has 0 aliphatic heterocycles. The van der Waals surface area contributed by atoms with Crippen LogP contribution in [0.15, 0.2) is 59.5 Å². The van der Waals surface area contributed by atoms with Crippen molar-refractivity contribution in [2.75, 3.05) is 18.4 Å². The SMILES string of the molecule is CCN(CC)S(=O)(=O)c1ccc(NC(=O)CC(NC(N)=O)c2ccccc2)cc1. The van der Waals surface area contributed by atoms with Crippen LogP contribution >= 0.6 is 0 Å². The fraction of sp³-hybridized carbons (Fsp3) is 0.300. The monoisotopic (exact) mass is 418 g/mol. The maximum atomic E-state index is 12.5. The third kappa shape index (κ3) is 6.03. The summed E-state index contributed by atoms with van der Waals surface area (Å²) < 4.78 is 26.4. The van der Waals surface area contributed by atoms with Gasteiger partial charge in [0, 0.05) is 18.8 Å². The molecule has 2 aromatic carbocycles. The average Bonchev–Trinajstić information content (AvgIpc) is 2.69. The van der Waals surface area contributed by atoms with Gasteiger partial charge >= 0.3 is 6.03 Å². The summed E-state index contributed by atoms with van der Waals surface area (Å²) in [7, 11) is -3.56. The third-order valence-corrected chi connectivity index (χ3v) is 6.45. The highest BCUT2D eigenvalue weighted by molar-refractivity contribution is 7.89. The Balaban J connectivity index is 2.09. The van der Waals surface area contributed by atoms with Crippen LogP contribution in [0.1, 0.15) is 31.9 Å². The van der Waals surface area contributed by atoms with Crippen LogP contribution in [0.25, 0.3) is 0 Å². The predicted molar refractivity (Wildman–Crippen MR) is 112 cm³/mol. The van der Waals surface area contributed by atoms with Crippen molar-refractivity contribution in [3.8, 4) is 0 Å². The summed E-state index contributed by atoms with van der Waals surface area (Å²) in [6.45, 7) is 4.31. The minimum Gasteiger partial charge on any atom is -0.352 e. The van der Waals surface area contributed by atoms with Gasteiger partial charge in [-0.2, -0.15) is 4.31 Å². The number of hydrogen-bond acceptors (Lipinski definition) is 4. The number of sulfonamides is 1. The standard InChI is InChI=1S/C20H26N4O4S/c1-3-24(4-2)29(27,28)17-12-10-16(11-13-17)22-19(25)14-18(23-20(21)26)15-8-6-5-7-9-15/h5-13,18H,3-4,14H2,1-2H3,(H,22,25)(H3,21,23,26). The molecule has 0 aromatic heterocycles. The Morgan fingerprint density at radius 2 is 1.59 bits per heavy atom. The van der Waals surface area contributed by atoms with Crippen molar-refractivity contribution in [3.63, 3.8) is 0 Å². The van der Waals surface area contributed by atoms with Gasteiger partial charge in [-0.3, -0.25) is 4.79 Å². The fourth-order valence-electron chi connectivity index (χ4n) is 2.93. The molecule has 1 unspecified atom stereocenters. The molecule has 9 heteroatoms. The third-order valence-electron chi connectivity index (χ3n) is 4.39. The van der Waals surface area contributed by atoms with Crippen molar-refractivity contribution in [3.05, 3.63) is 60.2 Å². The summed E-state index contributed by atoms with van der Waals surface area (Å²) in [5.41, 5.74) is 6.43. The molecule has 8 nitrogen and oxygen atoms in total. The zero-order chi connectivity index (χ0) is 21.4. The van der Waals surface area contributed by atoms with E-state index < -0.39 is 22.1 Å². The Bertz CT molecular complexity index is 927. The first-order valence-electron chi connectivity index (χ1n) is 9.28. The smallest absolute Gasteiger partial charge is 0.312 e. The number of carbonyl (C=O) groups is 2. The van der Waals surface area contributed by atoms with Crippen LogP contribution < -0.4 is 16.4 Å². The summed E-state index contributed by atoms with van der Waals surface area (Å²) in [4.78, 5) is 23.9. The molecular weight excluding hydrogens is 392 g/mol. The summed E-state index contributed by atoms with van der Waals surface area (Å²) in [5, 5.41) is 5.27. The number of anilines is 1. The molecule has 2 rings (SSSR count). The zero-order valence-corrected chi connectivity index (χ0v) is 17.3. The molecule has 3 amide bonds. The lowest BCUT2D eigenvalue weighted by molar-refractivity contribution is -0.116. The van der Waals surface area contributed by atoms with Crippen molar-refractivity contribution >= 4 is 27.6 Å². The lowest BCUT2D eigenvalue weighted by Gasteiger charge is -2.19. The van der Waals surface area contributed by atoms with E-state index in [1.807, 2.05) is 6.07 Å². The van der Waals surface area contributed by atoms with Gasteiger partial charge in [-0.15, -0.1) is 0 Å². The molecule has 0 aliphatic carbocycles. The molecule has 0 spiro atoms. The first-order valence-corrected chi connectivity index (χ1v) is 10.7. The number of rotatable bonds is 9. The molecule has 4 N–H and O–H groups in total. The molecule has 29 heavy (non-hydrogen) atoms. The maximum absolute atomic E-state index is 12.5. The van der Waals surface area contributed by atoms with E-state index in [1.165, 1.54) is 28.6 Å². The van der Waals surface area contributed by atoms with Gasteiger partial charge in [0.1, 0.15) is 0 Å². The van der Waals surface area contributed by atoms with E-state index >= 15 is 0 Å².